The number of hydrogen-bond donors (Lipinski definition) is 3. The maximum Gasteiger partial charge on any atom is 0.354 e. The van der Waals surface area contributed by atoms with Crippen LogP contribution in [0.2, 0.25) is 0 Å². The lowest BCUT2D eigenvalue weighted by molar-refractivity contribution is 0.0690. The van der Waals surface area contributed by atoms with Crippen LogP contribution in [0, 0.1) is 6.92 Å². The van der Waals surface area contributed by atoms with Gasteiger partial charge in [0, 0.05) is 23.9 Å². The van der Waals surface area contributed by atoms with Crippen LogP contribution in [0.1, 0.15) is 32.0 Å². The molecule has 0 aliphatic heterocycles. The number of aromatic hydroxyl groups is 1. The van der Waals surface area contributed by atoms with E-state index >= 15 is 0 Å². The van der Waals surface area contributed by atoms with Crippen LogP contribution >= 0.6 is 0 Å². The lowest BCUT2D eigenvalue weighted by Crippen LogP contribution is -2.23. The molecular formula is C15H14N2O4. The lowest BCUT2D eigenvalue weighted by atomic mass is 10.1. The molecule has 2 rings (SSSR count). The van der Waals surface area contributed by atoms with E-state index in [-0.39, 0.29) is 23.9 Å². The predicted molar refractivity (Wildman–Crippen MR) is 75.2 cm³/mol. The Hall–Kier alpha value is -2.89. The quantitative estimate of drug-likeness (QED) is 0.794. The van der Waals surface area contributed by atoms with Crippen LogP contribution < -0.4 is 5.32 Å². The van der Waals surface area contributed by atoms with E-state index in [1.165, 1.54) is 18.3 Å². The number of carbonyl (C=O) groups is 2. The average molecular weight is 286 g/mol. The minimum absolute atomic E-state index is 0.0473. The fourth-order valence-electron chi connectivity index (χ4n) is 1.80. The van der Waals surface area contributed by atoms with E-state index in [1.54, 1.807) is 25.1 Å². The van der Waals surface area contributed by atoms with Crippen molar-refractivity contribution in [3.63, 3.8) is 0 Å². The molecule has 6 nitrogen and oxygen atoms in total. The van der Waals surface area contributed by atoms with Gasteiger partial charge in [-0.15, -0.1) is 0 Å². The van der Waals surface area contributed by atoms with Gasteiger partial charge in [-0.05, 0) is 30.7 Å². The Morgan fingerprint density at radius 1 is 1.24 bits per heavy atom. The summed E-state index contributed by atoms with van der Waals surface area (Å²) >= 11 is 0. The standard InChI is InChI=1S/C15H14N2O4/c1-9-11(3-2-4-13(9)18)14(19)17-8-10-5-6-12(15(20)21)16-7-10/h2-7,18H,8H2,1H3,(H,17,19)(H,20,21). The van der Waals surface area contributed by atoms with Crippen molar-refractivity contribution in [1.29, 1.82) is 0 Å². The Balaban J connectivity index is 2.04. The van der Waals surface area contributed by atoms with Gasteiger partial charge in [0.15, 0.2) is 0 Å². The summed E-state index contributed by atoms with van der Waals surface area (Å²) in [5, 5.41) is 21.0. The molecule has 0 fully saturated rings. The van der Waals surface area contributed by atoms with Crippen molar-refractivity contribution in [2.75, 3.05) is 0 Å². The van der Waals surface area contributed by atoms with Gasteiger partial charge in [-0.2, -0.15) is 0 Å². The van der Waals surface area contributed by atoms with E-state index in [0.29, 0.717) is 16.7 Å². The molecule has 0 spiro atoms. The first-order chi connectivity index (χ1) is 9.99. The number of amides is 1. The van der Waals surface area contributed by atoms with E-state index in [9.17, 15) is 14.7 Å². The van der Waals surface area contributed by atoms with Crippen LogP contribution in [-0.4, -0.2) is 27.1 Å². The third-order valence-electron chi connectivity index (χ3n) is 3.05. The topological polar surface area (TPSA) is 99.5 Å². The third kappa shape index (κ3) is 3.36. The minimum atomic E-state index is -1.10. The molecule has 108 valence electrons. The normalized spacial score (nSPS) is 10.1. The van der Waals surface area contributed by atoms with Crippen molar-refractivity contribution < 1.29 is 19.8 Å². The highest BCUT2D eigenvalue weighted by molar-refractivity contribution is 5.96. The fraction of sp³-hybridized carbons (Fsp3) is 0.133. The van der Waals surface area contributed by atoms with E-state index in [1.807, 2.05) is 0 Å². The molecule has 2 aromatic rings. The van der Waals surface area contributed by atoms with Crippen LogP contribution in [0.5, 0.6) is 5.75 Å². The number of aromatic nitrogens is 1. The molecule has 0 radical (unpaired) electrons. The number of nitrogens with one attached hydrogen (secondary N) is 1. The van der Waals surface area contributed by atoms with Crippen LogP contribution in [0.25, 0.3) is 0 Å². The summed E-state index contributed by atoms with van der Waals surface area (Å²) in [5.41, 5.74) is 1.54. The molecule has 21 heavy (non-hydrogen) atoms. The first-order valence-electron chi connectivity index (χ1n) is 6.24. The Labute approximate surface area is 121 Å². The Morgan fingerprint density at radius 3 is 2.62 bits per heavy atom. The van der Waals surface area contributed by atoms with Crippen molar-refractivity contribution >= 4 is 11.9 Å². The fourth-order valence-corrected chi connectivity index (χ4v) is 1.80. The predicted octanol–water partition coefficient (Wildman–Crippen LogP) is 1.72. The van der Waals surface area contributed by atoms with Gasteiger partial charge in [0.25, 0.3) is 5.91 Å². The van der Waals surface area contributed by atoms with Crippen LogP contribution in [-0.2, 0) is 6.54 Å². The van der Waals surface area contributed by atoms with Gasteiger partial charge in [-0.3, -0.25) is 4.79 Å². The van der Waals surface area contributed by atoms with Gasteiger partial charge >= 0.3 is 5.97 Å². The second kappa shape index (κ2) is 6.04. The summed E-state index contributed by atoms with van der Waals surface area (Å²) in [6.07, 6.45) is 1.40. The minimum Gasteiger partial charge on any atom is -0.508 e. The molecule has 0 unspecified atom stereocenters. The summed E-state index contributed by atoms with van der Waals surface area (Å²) < 4.78 is 0. The largest absolute Gasteiger partial charge is 0.508 e. The van der Waals surface area contributed by atoms with E-state index in [4.69, 9.17) is 5.11 Å². The van der Waals surface area contributed by atoms with Crippen molar-refractivity contribution in [3.05, 3.63) is 58.9 Å². The number of rotatable bonds is 4. The number of carboxylic acid groups (broad SMARTS) is 1. The van der Waals surface area contributed by atoms with E-state index in [0.717, 1.165) is 0 Å². The zero-order valence-corrected chi connectivity index (χ0v) is 11.3. The van der Waals surface area contributed by atoms with Gasteiger partial charge < -0.3 is 15.5 Å². The molecule has 1 heterocycles. The van der Waals surface area contributed by atoms with Gasteiger partial charge in [-0.1, -0.05) is 12.1 Å². The monoisotopic (exact) mass is 286 g/mol. The maximum atomic E-state index is 12.0. The number of benzene rings is 1. The first-order valence-corrected chi connectivity index (χ1v) is 6.24. The van der Waals surface area contributed by atoms with Gasteiger partial charge in [-0.25, -0.2) is 9.78 Å². The SMILES string of the molecule is Cc1c(O)cccc1C(=O)NCc1ccc(C(=O)O)nc1. The molecule has 0 atom stereocenters. The van der Waals surface area contributed by atoms with Crippen molar-refractivity contribution in [2.45, 2.75) is 13.5 Å². The van der Waals surface area contributed by atoms with Crippen LogP contribution in [0.3, 0.4) is 0 Å². The summed E-state index contributed by atoms with van der Waals surface area (Å²) in [6, 6.07) is 7.70. The van der Waals surface area contributed by atoms with Crippen LogP contribution in [0.15, 0.2) is 36.5 Å². The molecule has 0 aliphatic carbocycles. The number of phenols is 1. The second-order valence-electron chi connectivity index (χ2n) is 4.49. The van der Waals surface area contributed by atoms with Gasteiger partial charge in [0.2, 0.25) is 0 Å². The van der Waals surface area contributed by atoms with Gasteiger partial charge in [0.05, 0.1) is 0 Å². The maximum absolute atomic E-state index is 12.0. The number of aromatic carboxylic acids is 1. The summed E-state index contributed by atoms with van der Waals surface area (Å²) in [4.78, 5) is 26.5. The lowest BCUT2D eigenvalue weighted by Gasteiger charge is -2.08. The molecule has 1 amide bonds. The zero-order chi connectivity index (χ0) is 15.4. The molecule has 1 aromatic heterocycles. The molecular weight excluding hydrogens is 272 g/mol. The summed E-state index contributed by atoms with van der Waals surface area (Å²) in [7, 11) is 0. The molecule has 6 heteroatoms. The molecule has 0 bridgehead atoms. The number of nitrogens with zero attached hydrogens (tertiary/aromatic N) is 1. The second-order valence-corrected chi connectivity index (χ2v) is 4.49. The van der Waals surface area contributed by atoms with Crippen molar-refractivity contribution in [1.82, 2.24) is 10.3 Å². The van der Waals surface area contributed by atoms with Crippen molar-refractivity contribution in [3.8, 4) is 5.75 Å². The Kier molecular flexibility index (Phi) is 4.18. The van der Waals surface area contributed by atoms with Gasteiger partial charge in [0.1, 0.15) is 11.4 Å². The number of hydrogen-bond acceptors (Lipinski definition) is 4. The number of carbonyl (C=O) groups excluding carboxylic acids is 1. The Morgan fingerprint density at radius 2 is 2.00 bits per heavy atom. The smallest absolute Gasteiger partial charge is 0.354 e. The molecule has 0 aliphatic rings. The highest BCUT2D eigenvalue weighted by Gasteiger charge is 2.11. The zero-order valence-electron chi connectivity index (χ0n) is 11.3. The first kappa shape index (κ1) is 14.5. The van der Waals surface area contributed by atoms with E-state index < -0.39 is 5.97 Å². The average Bonchev–Trinajstić information content (AvgIpc) is 2.48. The van der Waals surface area contributed by atoms with Crippen molar-refractivity contribution in [2.24, 2.45) is 0 Å². The van der Waals surface area contributed by atoms with Crippen LogP contribution in [0.4, 0.5) is 0 Å². The molecule has 0 saturated heterocycles. The molecule has 3 N–H and O–H groups in total. The molecule has 1 aromatic carbocycles. The Bertz CT molecular complexity index is 681. The highest BCUT2D eigenvalue weighted by atomic mass is 16.4. The third-order valence-corrected chi connectivity index (χ3v) is 3.05. The number of phenolic OH excluding ortho intramolecular Hbond substituents is 1. The highest BCUT2D eigenvalue weighted by Crippen LogP contribution is 2.19. The van der Waals surface area contributed by atoms with E-state index in [2.05, 4.69) is 10.3 Å². The summed E-state index contributed by atoms with van der Waals surface area (Å²) in [6.45, 7) is 1.88. The molecule has 0 saturated carbocycles. The summed E-state index contributed by atoms with van der Waals surface area (Å²) in [5.74, 6) is -1.35. The number of carboxylic acids is 1. The number of pyridine rings is 1.